The first kappa shape index (κ1) is 14.8. The van der Waals surface area contributed by atoms with Crippen molar-refractivity contribution >= 4 is 5.91 Å². The SMILES string of the molecule is O=C(C1CC(F)(F)C1)N1CC2(C[C@H](CO)CN2CC2CC2)C1. The Morgan fingerprint density at radius 3 is 2.36 bits per heavy atom. The van der Waals surface area contributed by atoms with E-state index in [0.717, 1.165) is 25.4 Å². The van der Waals surface area contributed by atoms with Crippen LogP contribution in [-0.2, 0) is 4.79 Å². The molecule has 0 bridgehead atoms. The summed E-state index contributed by atoms with van der Waals surface area (Å²) in [5, 5.41) is 9.46. The molecule has 0 unspecified atom stereocenters. The highest BCUT2D eigenvalue weighted by Gasteiger charge is 2.58. The molecule has 1 spiro atoms. The van der Waals surface area contributed by atoms with Gasteiger partial charge in [0.15, 0.2) is 0 Å². The molecule has 0 aromatic rings. The largest absolute Gasteiger partial charge is 0.396 e. The van der Waals surface area contributed by atoms with Gasteiger partial charge in [0.25, 0.3) is 0 Å². The van der Waals surface area contributed by atoms with Crippen molar-refractivity contribution in [3.8, 4) is 0 Å². The van der Waals surface area contributed by atoms with Gasteiger partial charge in [-0.1, -0.05) is 0 Å². The molecule has 4 aliphatic rings. The summed E-state index contributed by atoms with van der Waals surface area (Å²) in [7, 11) is 0. The van der Waals surface area contributed by atoms with Crippen LogP contribution in [0.3, 0.4) is 0 Å². The molecule has 4 fully saturated rings. The monoisotopic (exact) mass is 314 g/mol. The van der Waals surface area contributed by atoms with Crippen LogP contribution in [0.1, 0.15) is 32.1 Å². The minimum Gasteiger partial charge on any atom is -0.396 e. The third-order valence-electron chi connectivity index (χ3n) is 5.97. The molecule has 1 atom stereocenters. The molecule has 0 radical (unpaired) electrons. The Kier molecular flexibility index (Phi) is 3.28. The van der Waals surface area contributed by atoms with E-state index in [1.165, 1.54) is 12.8 Å². The molecule has 0 aromatic heterocycles. The van der Waals surface area contributed by atoms with Crippen LogP contribution in [0.4, 0.5) is 8.78 Å². The molecule has 124 valence electrons. The van der Waals surface area contributed by atoms with Crippen LogP contribution in [0.15, 0.2) is 0 Å². The molecular formula is C16H24F2N2O2. The predicted molar refractivity (Wildman–Crippen MR) is 76.5 cm³/mol. The maximum Gasteiger partial charge on any atom is 0.249 e. The fourth-order valence-electron chi connectivity index (χ4n) is 4.48. The molecule has 2 aliphatic heterocycles. The van der Waals surface area contributed by atoms with Gasteiger partial charge in [-0.05, 0) is 31.1 Å². The third kappa shape index (κ3) is 2.44. The van der Waals surface area contributed by atoms with Crippen LogP contribution in [-0.4, -0.2) is 65.1 Å². The van der Waals surface area contributed by atoms with Crippen LogP contribution >= 0.6 is 0 Å². The molecule has 1 N–H and O–H groups in total. The molecule has 0 aromatic carbocycles. The van der Waals surface area contributed by atoms with Crippen LogP contribution in [0.5, 0.6) is 0 Å². The van der Waals surface area contributed by atoms with Gasteiger partial charge in [0.2, 0.25) is 11.8 Å². The number of aliphatic hydroxyl groups excluding tert-OH is 1. The van der Waals surface area contributed by atoms with E-state index < -0.39 is 11.8 Å². The first-order chi connectivity index (χ1) is 10.4. The van der Waals surface area contributed by atoms with E-state index in [2.05, 4.69) is 4.90 Å². The van der Waals surface area contributed by atoms with Gasteiger partial charge in [-0.25, -0.2) is 8.78 Å². The van der Waals surface area contributed by atoms with Gasteiger partial charge in [0, 0.05) is 51.5 Å². The van der Waals surface area contributed by atoms with Gasteiger partial charge in [0.05, 0.1) is 5.54 Å². The minimum absolute atomic E-state index is 0.0118. The fourth-order valence-corrected chi connectivity index (χ4v) is 4.48. The molecule has 2 saturated carbocycles. The van der Waals surface area contributed by atoms with Crippen molar-refractivity contribution in [2.75, 3.05) is 32.8 Å². The number of nitrogens with zero attached hydrogens (tertiary/aromatic N) is 2. The molecule has 2 saturated heterocycles. The standard InChI is InChI=1S/C16H24F2N2O2/c17-16(18)4-13(5-16)14(22)19-9-15(10-19)3-12(8-21)7-20(15)6-11-1-2-11/h11-13,21H,1-10H2/t12-/m0/s1. The highest BCUT2D eigenvalue weighted by Crippen LogP contribution is 2.47. The number of likely N-dealkylation sites (tertiary alicyclic amines) is 2. The molecule has 6 heteroatoms. The Hall–Kier alpha value is -0.750. The Bertz CT molecular complexity index is 467. The number of rotatable bonds is 4. The van der Waals surface area contributed by atoms with E-state index in [-0.39, 0.29) is 30.9 Å². The fraction of sp³-hybridized carbons (Fsp3) is 0.938. The molecule has 1 amide bonds. The maximum absolute atomic E-state index is 12.9. The van der Waals surface area contributed by atoms with E-state index >= 15 is 0 Å². The zero-order valence-corrected chi connectivity index (χ0v) is 12.8. The number of halogens is 2. The molecule has 4 rings (SSSR count). The number of hydrogen-bond acceptors (Lipinski definition) is 3. The summed E-state index contributed by atoms with van der Waals surface area (Å²) in [4.78, 5) is 16.5. The highest BCUT2D eigenvalue weighted by molar-refractivity contribution is 5.81. The van der Waals surface area contributed by atoms with Crippen LogP contribution in [0.2, 0.25) is 0 Å². The average molecular weight is 314 g/mol. The number of aliphatic hydroxyl groups is 1. The van der Waals surface area contributed by atoms with Gasteiger partial charge in [-0.15, -0.1) is 0 Å². The lowest BCUT2D eigenvalue weighted by atomic mass is 9.77. The molecule has 2 heterocycles. The number of carbonyl (C=O) groups is 1. The minimum atomic E-state index is -2.63. The quantitative estimate of drug-likeness (QED) is 0.851. The van der Waals surface area contributed by atoms with E-state index in [4.69, 9.17) is 0 Å². The second-order valence-electron chi connectivity index (χ2n) is 7.98. The molecular weight excluding hydrogens is 290 g/mol. The normalized spacial score (nSPS) is 33.8. The summed E-state index contributed by atoms with van der Waals surface area (Å²) in [6.07, 6.45) is 2.95. The molecule has 4 nitrogen and oxygen atoms in total. The topological polar surface area (TPSA) is 43.8 Å². The second kappa shape index (κ2) is 4.87. The summed E-state index contributed by atoms with van der Waals surface area (Å²) >= 11 is 0. The van der Waals surface area contributed by atoms with Crippen LogP contribution in [0.25, 0.3) is 0 Å². The number of hydrogen-bond donors (Lipinski definition) is 1. The predicted octanol–water partition coefficient (Wildman–Crippen LogP) is 1.34. The van der Waals surface area contributed by atoms with Gasteiger partial charge < -0.3 is 10.0 Å². The van der Waals surface area contributed by atoms with Crippen LogP contribution in [0, 0.1) is 17.8 Å². The molecule has 22 heavy (non-hydrogen) atoms. The van der Waals surface area contributed by atoms with Crippen molar-refractivity contribution in [3.05, 3.63) is 0 Å². The van der Waals surface area contributed by atoms with E-state index in [1.807, 2.05) is 0 Å². The first-order valence-electron chi connectivity index (χ1n) is 8.43. The van der Waals surface area contributed by atoms with Gasteiger partial charge in [-0.3, -0.25) is 9.69 Å². The Morgan fingerprint density at radius 2 is 1.82 bits per heavy atom. The van der Waals surface area contributed by atoms with Crippen molar-refractivity contribution in [1.29, 1.82) is 0 Å². The lowest BCUT2D eigenvalue weighted by Gasteiger charge is -2.54. The Morgan fingerprint density at radius 1 is 1.14 bits per heavy atom. The number of carbonyl (C=O) groups excluding carboxylic acids is 1. The summed E-state index contributed by atoms with van der Waals surface area (Å²) in [6.45, 7) is 3.51. The number of amides is 1. The van der Waals surface area contributed by atoms with E-state index in [1.54, 1.807) is 4.90 Å². The van der Waals surface area contributed by atoms with Gasteiger partial charge in [-0.2, -0.15) is 0 Å². The number of alkyl halides is 2. The summed E-state index contributed by atoms with van der Waals surface area (Å²) in [6, 6.07) is 0. The smallest absolute Gasteiger partial charge is 0.249 e. The average Bonchev–Trinajstić information content (AvgIpc) is 3.12. The maximum atomic E-state index is 12.9. The van der Waals surface area contributed by atoms with Crippen molar-refractivity contribution in [2.45, 2.75) is 43.6 Å². The van der Waals surface area contributed by atoms with E-state index in [9.17, 15) is 18.7 Å². The third-order valence-corrected chi connectivity index (χ3v) is 5.97. The molecule has 2 aliphatic carbocycles. The zero-order valence-electron chi connectivity index (χ0n) is 12.8. The van der Waals surface area contributed by atoms with Gasteiger partial charge in [0.1, 0.15) is 0 Å². The summed E-state index contributed by atoms with van der Waals surface area (Å²) in [5.41, 5.74) is 0.0118. The highest BCUT2D eigenvalue weighted by atomic mass is 19.3. The van der Waals surface area contributed by atoms with Crippen LogP contribution < -0.4 is 0 Å². The summed E-state index contributed by atoms with van der Waals surface area (Å²) in [5.74, 6) is -2.11. The second-order valence-corrected chi connectivity index (χ2v) is 7.98. The van der Waals surface area contributed by atoms with Crippen molar-refractivity contribution in [1.82, 2.24) is 9.80 Å². The Balaban J connectivity index is 1.36. The lowest BCUT2D eigenvalue weighted by molar-refractivity contribution is -0.170. The van der Waals surface area contributed by atoms with E-state index in [0.29, 0.717) is 19.0 Å². The van der Waals surface area contributed by atoms with Gasteiger partial charge >= 0.3 is 0 Å². The lowest BCUT2D eigenvalue weighted by Crippen LogP contribution is -2.70. The Labute approximate surface area is 129 Å². The summed E-state index contributed by atoms with van der Waals surface area (Å²) < 4.78 is 25.9. The zero-order chi connectivity index (χ0) is 15.5. The van der Waals surface area contributed by atoms with Crippen molar-refractivity contribution in [3.63, 3.8) is 0 Å². The van der Waals surface area contributed by atoms with Crippen molar-refractivity contribution < 1.29 is 18.7 Å². The first-order valence-corrected chi connectivity index (χ1v) is 8.43. The van der Waals surface area contributed by atoms with Crippen molar-refractivity contribution in [2.24, 2.45) is 17.8 Å².